The van der Waals surface area contributed by atoms with Crippen LogP contribution in [0.5, 0.6) is 0 Å². The van der Waals surface area contributed by atoms with Gasteiger partial charge in [-0.1, -0.05) is 13.8 Å². The Balaban J connectivity index is 0.000000671. The van der Waals surface area contributed by atoms with Gasteiger partial charge >= 0.3 is 0 Å². The molecule has 4 N–H and O–H groups in total. The minimum Gasteiger partial charge on any atom is -0.405 e. The zero-order valence-corrected chi connectivity index (χ0v) is 8.83. The van der Waals surface area contributed by atoms with Gasteiger partial charge < -0.3 is 16.0 Å². The molecule has 0 radical (unpaired) electrons. The summed E-state index contributed by atoms with van der Waals surface area (Å²) in [6, 6.07) is 0. The van der Waals surface area contributed by atoms with Crippen LogP contribution in [0.4, 0.5) is 5.69 Å². The summed E-state index contributed by atoms with van der Waals surface area (Å²) in [5.41, 5.74) is 13.9. The molecule has 0 amide bonds. The molecule has 1 rings (SSSR count). The van der Waals surface area contributed by atoms with Gasteiger partial charge in [0.05, 0.1) is 11.4 Å². The van der Waals surface area contributed by atoms with Crippen molar-refractivity contribution >= 4 is 11.8 Å². The SMILES string of the molecule is CC.Cc1cn(C)c(/C=C\N)c1N. The molecule has 0 aliphatic heterocycles. The largest absolute Gasteiger partial charge is 0.405 e. The van der Waals surface area contributed by atoms with Crippen LogP contribution in [0.3, 0.4) is 0 Å². The standard InChI is InChI=1S/C8H13N3.C2H6/c1-6-5-11(2)7(3-4-9)8(6)10;1-2/h3-5H,9-10H2,1-2H3;1-2H3/b4-3-;. The quantitative estimate of drug-likeness (QED) is 0.695. The fraction of sp³-hybridized carbons (Fsp3) is 0.400. The van der Waals surface area contributed by atoms with Crippen molar-refractivity contribution in [2.45, 2.75) is 20.8 Å². The minimum absolute atomic E-state index is 0.800. The molecule has 13 heavy (non-hydrogen) atoms. The lowest BCUT2D eigenvalue weighted by Gasteiger charge is -1.96. The molecule has 3 nitrogen and oxygen atoms in total. The van der Waals surface area contributed by atoms with Gasteiger partial charge in [-0.15, -0.1) is 0 Å². The summed E-state index contributed by atoms with van der Waals surface area (Å²) in [6.07, 6.45) is 5.26. The van der Waals surface area contributed by atoms with Crippen LogP contribution in [0.25, 0.3) is 6.08 Å². The van der Waals surface area contributed by atoms with Crippen molar-refractivity contribution < 1.29 is 0 Å². The molecule has 0 aliphatic rings. The van der Waals surface area contributed by atoms with Gasteiger partial charge in [-0.2, -0.15) is 0 Å². The number of aromatic nitrogens is 1. The number of nitrogens with two attached hydrogens (primary N) is 2. The highest BCUT2D eigenvalue weighted by molar-refractivity contribution is 5.65. The van der Waals surface area contributed by atoms with E-state index in [2.05, 4.69) is 0 Å². The Bertz CT molecular complexity index is 285. The Hall–Kier alpha value is -1.38. The number of anilines is 1. The Morgan fingerprint density at radius 2 is 1.92 bits per heavy atom. The number of nitrogens with zero attached hydrogens (tertiary/aromatic N) is 1. The summed E-state index contributed by atoms with van der Waals surface area (Å²) in [7, 11) is 1.94. The number of nitrogen functional groups attached to an aromatic ring is 1. The van der Waals surface area contributed by atoms with Gasteiger partial charge in [0.2, 0.25) is 0 Å². The number of rotatable bonds is 1. The first kappa shape index (κ1) is 11.6. The normalized spacial score (nSPS) is 9.85. The third-order valence-electron chi connectivity index (χ3n) is 1.72. The fourth-order valence-corrected chi connectivity index (χ4v) is 1.12. The summed E-state index contributed by atoms with van der Waals surface area (Å²) in [5, 5.41) is 0. The van der Waals surface area contributed by atoms with Gasteiger partial charge in [-0.25, -0.2) is 0 Å². The highest BCUT2D eigenvalue weighted by atomic mass is 14.9. The van der Waals surface area contributed by atoms with E-state index in [-0.39, 0.29) is 0 Å². The molecule has 0 unspecified atom stereocenters. The van der Waals surface area contributed by atoms with Crippen LogP contribution in [-0.2, 0) is 7.05 Å². The molecule has 0 spiro atoms. The lowest BCUT2D eigenvalue weighted by molar-refractivity contribution is 0.912. The van der Waals surface area contributed by atoms with E-state index >= 15 is 0 Å². The van der Waals surface area contributed by atoms with Crippen LogP contribution < -0.4 is 11.5 Å². The molecule has 0 fully saturated rings. The average molecular weight is 181 g/mol. The van der Waals surface area contributed by atoms with Crippen molar-refractivity contribution in [3.63, 3.8) is 0 Å². The summed E-state index contributed by atoms with van der Waals surface area (Å²) in [6.45, 7) is 5.98. The van der Waals surface area contributed by atoms with E-state index in [9.17, 15) is 0 Å². The van der Waals surface area contributed by atoms with Crippen LogP contribution in [0.15, 0.2) is 12.4 Å². The predicted octanol–water partition coefficient (Wildman–Crippen LogP) is 1.87. The second-order valence-corrected chi connectivity index (χ2v) is 2.58. The molecule has 74 valence electrons. The number of aryl methyl sites for hydroxylation is 2. The molecule has 3 heteroatoms. The van der Waals surface area contributed by atoms with E-state index in [1.54, 1.807) is 6.08 Å². The summed E-state index contributed by atoms with van der Waals surface area (Å²) in [4.78, 5) is 0. The third kappa shape index (κ3) is 2.54. The van der Waals surface area contributed by atoms with Crippen molar-refractivity contribution in [3.05, 3.63) is 23.7 Å². The third-order valence-corrected chi connectivity index (χ3v) is 1.72. The molecule has 0 aliphatic carbocycles. The molecular weight excluding hydrogens is 162 g/mol. The van der Waals surface area contributed by atoms with E-state index in [0.29, 0.717) is 0 Å². The fourth-order valence-electron chi connectivity index (χ4n) is 1.12. The molecule has 1 aromatic rings. The van der Waals surface area contributed by atoms with Gasteiger partial charge in [0.25, 0.3) is 0 Å². The predicted molar refractivity (Wildman–Crippen MR) is 59.1 cm³/mol. The summed E-state index contributed by atoms with van der Waals surface area (Å²) < 4.78 is 1.95. The first-order chi connectivity index (χ1) is 6.16. The first-order valence-electron chi connectivity index (χ1n) is 4.46. The van der Waals surface area contributed by atoms with Crippen molar-refractivity contribution in [2.24, 2.45) is 12.8 Å². The molecule has 1 heterocycles. The second kappa shape index (κ2) is 5.30. The van der Waals surface area contributed by atoms with Gasteiger partial charge in [0.15, 0.2) is 0 Å². The Morgan fingerprint density at radius 1 is 1.38 bits per heavy atom. The van der Waals surface area contributed by atoms with Gasteiger partial charge in [-0.3, -0.25) is 0 Å². The topological polar surface area (TPSA) is 57.0 Å². The number of hydrogen-bond acceptors (Lipinski definition) is 2. The zero-order chi connectivity index (χ0) is 10.4. The Kier molecular flexibility index (Phi) is 4.74. The van der Waals surface area contributed by atoms with Crippen LogP contribution in [0.2, 0.25) is 0 Å². The molecule has 0 atom stereocenters. The first-order valence-corrected chi connectivity index (χ1v) is 4.46. The molecular formula is C10H19N3. The van der Waals surface area contributed by atoms with Crippen LogP contribution in [0, 0.1) is 6.92 Å². The molecule has 0 saturated heterocycles. The van der Waals surface area contributed by atoms with Gasteiger partial charge in [0, 0.05) is 13.2 Å². The Morgan fingerprint density at radius 3 is 2.23 bits per heavy atom. The van der Waals surface area contributed by atoms with E-state index in [1.165, 1.54) is 6.20 Å². The maximum absolute atomic E-state index is 5.76. The molecule has 0 aromatic carbocycles. The van der Waals surface area contributed by atoms with Crippen LogP contribution in [-0.4, -0.2) is 4.57 Å². The smallest absolute Gasteiger partial charge is 0.0654 e. The van der Waals surface area contributed by atoms with Crippen molar-refractivity contribution in [3.8, 4) is 0 Å². The monoisotopic (exact) mass is 181 g/mol. The Labute approximate surface area is 80.0 Å². The highest BCUT2D eigenvalue weighted by Gasteiger charge is 2.03. The minimum atomic E-state index is 0.800. The van der Waals surface area contributed by atoms with Gasteiger partial charge in [-0.05, 0) is 24.8 Å². The summed E-state index contributed by atoms with van der Waals surface area (Å²) in [5.74, 6) is 0. The van der Waals surface area contributed by atoms with E-state index < -0.39 is 0 Å². The highest BCUT2D eigenvalue weighted by Crippen LogP contribution is 2.18. The molecule has 1 aromatic heterocycles. The number of hydrogen-bond donors (Lipinski definition) is 2. The zero-order valence-electron chi connectivity index (χ0n) is 8.83. The van der Waals surface area contributed by atoms with Gasteiger partial charge in [0.1, 0.15) is 0 Å². The lowest BCUT2D eigenvalue weighted by atomic mass is 10.3. The lowest BCUT2D eigenvalue weighted by Crippen LogP contribution is -1.93. The van der Waals surface area contributed by atoms with Crippen LogP contribution in [0.1, 0.15) is 25.1 Å². The average Bonchev–Trinajstić information content (AvgIpc) is 2.36. The van der Waals surface area contributed by atoms with Crippen LogP contribution >= 0.6 is 0 Å². The maximum atomic E-state index is 5.76. The van der Waals surface area contributed by atoms with Crippen molar-refractivity contribution in [1.82, 2.24) is 4.57 Å². The molecule has 0 saturated carbocycles. The van der Waals surface area contributed by atoms with E-state index in [4.69, 9.17) is 11.5 Å². The maximum Gasteiger partial charge on any atom is 0.0654 e. The summed E-state index contributed by atoms with van der Waals surface area (Å²) >= 11 is 0. The molecule has 0 bridgehead atoms. The van der Waals surface area contributed by atoms with Crippen molar-refractivity contribution in [1.29, 1.82) is 0 Å². The second-order valence-electron chi connectivity index (χ2n) is 2.58. The van der Waals surface area contributed by atoms with E-state index in [0.717, 1.165) is 16.9 Å². The van der Waals surface area contributed by atoms with Crippen molar-refractivity contribution in [2.75, 3.05) is 5.73 Å². The van der Waals surface area contributed by atoms with E-state index in [1.807, 2.05) is 38.6 Å².